The molecule has 0 saturated heterocycles. The van der Waals surface area contributed by atoms with Crippen molar-refractivity contribution in [3.63, 3.8) is 0 Å². The second kappa shape index (κ2) is 5.26. The number of ether oxygens (including phenoxy) is 1. The molecule has 0 saturated carbocycles. The SMILES string of the molecule is COC(C)Cn1cnc2cc(Cl)cc(Cl)c2c1=O. The van der Waals surface area contributed by atoms with Crippen molar-refractivity contribution in [3.8, 4) is 0 Å². The highest BCUT2D eigenvalue weighted by molar-refractivity contribution is 6.38. The fourth-order valence-electron chi connectivity index (χ4n) is 1.68. The normalized spacial score (nSPS) is 12.9. The lowest BCUT2D eigenvalue weighted by atomic mass is 10.2. The summed E-state index contributed by atoms with van der Waals surface area (Å²) in [6.07, 6.45) is 1.40. The first kappa shape index (κ1) is 13.3. The molecule has 1 atom stereocenters. The van der Waals surface area contributed by atoms with Crippen LogP contribution >= 0.6 is 23.2 Å². The van der Waals surface area contributed by atoms with Crippen LogP contribution in [0.5, 0.6) is 0 Å². The number of halogens is 2. The molecule has 1 unspecified atom stereocenters. The molecule has 0 bridgehead atoms. The van der Waals surface area contributed by atoms with Crippen LogP contribution in [0.2, 0.25) is 10.0 Å². The molecule has 96 valence electrons. The molecule has 0 amide bonds. The first-order valence-corrected chi connectivity index (χ1v) is 6.15. The van der Waals surface area contributed by atoms with E-state index in [-0.39, 0.29) is 11.7 Å². The Morgan fingerprint density at radius 2 is 2.17 bits per heavy atom. The van der Waals surface area contributed by atoms with Gasteiger partial charge < -0.3 is 4.74 Å². The van der Waals surface area contributed by atoms with Gasteiger partial charge >= 0.3 is 0 Å². The molecular weight excluding hydrogens is 275 g/mol. The molecule has 4 nitrogen and oxygen atoms in total. The average molecular weight is 287 g/mol. The third kappa shape index (κ3) is 2.51. The molecule has 0 N–H and O–H groups in total. The monoisotopic (exact) mass is 286 g/mol. The molecule has 0 radical (unpaired) electrons. The first-order chi connectivity index (χ1) is 8.52. The van der Waals surface area contributed by atoms with Crippen LogP contribution in [-0.2, 0) is 11.3 Å². The summed E-state index contributed by atoms with van der Waals surface area (Å²) in [6.45, 7) is 2.30. The van der Waals surface area contributed by atoms with Gasteiger partial charge in [-0.25, -0.2) is 4.98 Å². The minimum absolute atomic E-state index is 0.0759. The number of fused-ring (bicyclic) bond motifs is 1. The van der Waals surface area contributed by atoms with E-state index >= 15 is 0 Å². The summed E-state index contributed by atoms with van der Waals surface area (Å²) in [5.41, 5.74) is 0.310. The van der Waals surface area contributed by atoms with Gasteiger partial charge in [0.25, 0.3) is 5.56 Å². The van der Waals surface area contributed by atoms with Gasteiger partial charge in [-0.2, -0.15) is 0 Å². The topological polar surface area (TPSA) is 44.1 Å². The standard InChI is InChI=1S/C12H12Cl2N2O2/c1-7(18-2)5-16-6-15-10-4-8(13)3-9(14)11(10)12(16)17/h3-4,6-7H,5H2,1-2H3. The molecule has 0 spiro atoms. The number of rotatable bonds is 3. The first-order valence-electron chi connectivity index (χ1n) is 5.40. The van der Waals surface area contributed by atoms with Crippen LogP contribution in [0.3, 0.4) is 0 Å². The molecular formula is C12H12Cl2N2O2. The fourth-order valence-corrected chi connectivity index (χ4v) is 2.25. The van der Waals surface area contributed by atoms with E-state index in [0.29, 0.717) is 27.5 Å². The molecule has 1 aromatic heterocycles. The molecule has 1 heterocycles. The van der Waals surface area contributed by atoms with Crippen LogP contribution in [0.15, 0.2) is 23.3 Å². The number of methoxy groups -OCH3 is 1. The Hall–Kier alpha value is -1.10. The third-order valence-corrected chi connectivity index (χ3v) is 3.22. The quantitative estimate of drug-likeness (QED) is 0.871. The molecule has 0 fully saturated rings. The Kier molecular flexibility index (Phi) is 3.90. The average Bonchev–Trinajstić information content (AvgIpc) is 2.31. The maximum Gasteiger partial charge on any atom is 0.262 e. The van der Waals surface area contributed by atoms with Crippen LogP contribution in [0.25, 0.3) is 10.9 Å². The lowest BCUT2D eigenvalue weighted by Gasteiger charge is -2.12. The van der Waals surface area contributed by atoms with E-state index in [9.17, 15) is 4.79 Å². The highest BCUT2D eigenvalue weighted by Crippen LogP contribution is 2.23. The van der Waals surface area contributed by atoms with Crippen molar-refractivity contribution in [1.82, 2.24) is 9.55 Å². The van der Waals surface area contributed by atoms with Gasteiger partial charge in [-0.3, -0.25) is 9.36 Å². The maximum absolute atomic E-state index is 12.3. The van der Waals surface area contributed by atoms with Crippen LogP contribution in [0.4, 0.5) is 0 Å². The van der Waals surface area contributed by atoms with Gasteiger partial charge in [0.15, 0.2) is 0 Å². The lowest BCUT2D eigenvalue weighted by Crippen LogP contribution is -2.26. The van der Waals surface area contributed by atoms with Crippen molar-refractivity contribution < 1.29 is 4.74 Å². The summed E-state index contributed by atoms with van der Waals surface area (Å²) in [5.74, 6) is 0. The lowest BCUT2D eigenvalue weighted by molar-refractivity contribution is 0.102. The minimum atomic E-state index is -0.189. The summed E-state index contributed by atoms with van der Waals surface area (Å²) >= 11 is 11.9. The number of aromatic nitrogens is 2. The van der Waals surface area contributed by atoms with E-state index in [0.717, 1.165) is 0 Å². The van der Waals surface area contributed by atoms with Gasteiger partial charge in [0.2, 0.25) is 0 Å². The molecule has 0 aliphatic carbocycles. The largest absolute Gasteiger partial charge is 0.380 e. The predicted octanol–water partition coefficient (Wildman–Crippen LogP) is 2.74. The molecule has 0 aliphatic heterocycles. The zero-order valence-electron chi connectivity index (χ0n) is 9.98. The highest BCUT2D eigenvalue weighted by atomic mass is 35.5. The molecule has 18 heavy (non-hydrogen) atoms. The highest BCUT2D eigenvalue weighted by Gasteiger charge is 2.11. The molecule has 1 aromatic carbocycles. The summed E-state index contributed by atoms with van der Waals surface area (Å²) in [4.78, 5) is 16.4. The van der Waals surface area contributed by atoms with Crippen LogP contribution in [0, 0.1) is 0 Å². The number of benzene rings is 1. The molecule has 2 aromatic rings. The summed E-state index contributed by atoms with van der Waals surface area (Å²) in [6, 6.07) is 3.16. The van der Waals surface area contributed by atoms with E-state index in [1.807, 2.05) is 6.92 Å². The van der Waals surface area contributed by atoms with E-state index < -0.39 is 0 Å². The van der Waals surface area contributed by atoms with Gasteiger partial charge in [-0.05, 0) is 19.1 Å². The van der Waals surface area contributed by atoms with E-state index in [4.69, 9.17) is 27.9 Å². The number of hydrogen-bond donors (Lipinski definition) is 0. The second-order valence-electron chi connectivity index (χ2n) is 4.03. The Bertz CT molecular complexity index is 640. The number of nitrogens with zero attached hydrogens (tertiary/aromatic N) is 2. The van der Waals surface area contributed by atoms with Gasteiger partial charge in [-0.15, -0.1) is 0 Å². The van der Waals surface area contributed by atoms with Crippen LogP contribution in [-0.4, -0.2) is 22.8 Å². The Balaban J connectivity index is 2.61. The van der Waals surface area contributed by atoms with Gasteiger partial charge in [0, 0.05) is 12.1 Å². The van der Waals surface area contributed by atoms with Crippen molar-refractivity contribution in [2.45, 2.75) is 19.6 Å². The van der Waals surface area contributed by atoms with Crippen LogP contribution < -0.4 is 5.56 Å². The van der Waals surface area contributed by atoms with E-state index in [1.165, 1.54) is 10.9 Å². The third-order valence-electron chi connectivity index (χ3n) is 2.70. The van der Waals surface area contributed by atoms with Crippen molar-refractivity contribution in [3.05, 3.63) is 38.9 Å². The van der Waals surface area contributed by atoms with Crippen LogP contribution in [0.1, 0.15) is 6.92 Å². The maximum atomic E-state index is 12.3. The zero-order chi connectivity index (χ0) is 13.3. The number of hydrogen-bond acceptors (Lipinski definition) is 3. The Morgan fingerprint density at radius 3 is 2.83 bits per heavy atom. The summed E-state index contributed by atoms with van der Waals surface area (Å²) < 4.78 is 6.61. The smallest absolute Gasteiger partial charge is 0.262 e. The minimum Gasteiger partial charge on any atom is -0.380 e. The summed E-state index contributed by atoms with van der Waals surface area (Å²) in [7, 11) is 1.59. The predicted molar refractivity (Wildman–Crippen MR) is 72.5 cm³/mol. The Labute approximate surface area is 114 Å². The molecule has 2 rings (SSSR count). The fraction of sp³-hybridized carbons (Fsp3) is 0.333. The second-order valence-corrected chi connectivity index (χ2v) is 4.87. The zero-order valence-corrected chi connectivity index (χ0v) is 11.5. The Morgan fingerprint density at radius 1 is 1.44 bits per heavy atom. The van der Waals surface area contributed by atoms with Gasteiger partial charge in [0.05, 0.1) is 34.9 Å². The van der Waals surface area contributed by atoms with Crippen molar-refractivity contribution in [2.75, 3.05) is 7.11 Å². The molecule has 6 heteroatoms. The van der Waals surface area contributed by atoms with E-state index in [2.05, 4.69) is 4.98 Å². The molecule has 0 aliphatic rings. The van der Waals surface area contributed by atoms with Gasteiger partial charge in [0.1, 0.15) is 0 Å². The van der Waals surface area contributed by atoms with Gasteiger partial charge in [-0.1, -0.05) is 23.2 Å². The van der Waals surface area contributed by atoms with Crippen molar-refractivity contribution in [1.29, 1.82) is 0 Å². The van der Waals surface area contributed by atoms with E-state index in [1.54, 1.807) is 19.2 Å². The summed E-state index contributed by atoms with van der Waals surface area (Å²) in [5, 5.41) is 1.16. The van der Waals surface area contributed by atoms with Crippen molar-refractivity contribution >= 4 is 34.1 Å². The van der Waals surface area contributed by atoms with Crippen molar-refractivity contribution in [2.24, 2.45) is 0 Å².